The first-order valence-electron chi connectivity index (χ1n) is 5.77. The molecule has 0 aliphatic rings. The topological polar surface area (TPSA) is 45.9 Å². The molecule has 0 atom stereocenters. The summed E-state index contributed by atoms with van der Waals surface area (Å²) < 4.78 is 40.0. The third kappa shape index (κ3) is 4.10. The van der Waals surface area contributed by atoms with Crippen LogP contribution in [0.15, 0.2) is 36.4 Å². The fourth-order valence-electron chi connectivity index (χ4n) is 1.68. The minimum Gasteiger partial charge on any atom is -0.406 e. The fourth-order valence-corrected chi connectivity index (χ4v) is 1.89. The summed E-state index contributed by atoms with van der Waals surface area (Å²) in [5.41, 5.74) is 1.48. The van der Waals surface area contributed by atoms with Gasteiger partial charge in [0.25, 0.3) is 0 Å². The van der Waals surface area contributed by atoms with E-state index in [9.17, 15) is 13.2 Å². The van der Waals surface area contributed by atoms with Gasteiger partial charge in [-0.2, -0.15) is 5.26 Å². The second-order valence-corrected chi connectivity index (χ2v) is 4.45. The van der Waals surface area contributed by atoms with Crippen molar-refractivity contribution in [2.75, 3.05) is 0 Å². The Morgan fingerprint density at radius 1 is 1.14 bits per heavy atom. The molecule has 0 spiro atoms. The first kappa shape index (κ1) is 15.1. The third-order valence-corrected chi connectivity index (χ3v) is 2.83. The van der Waals surface area contributed by atoms with Crippen LogP contribution in [0.3, 0.4) is 0 Å². The van der Waals surface area contributed by atoms with Crippen LogP contribution in [0.1, 0.15) is 5.69 Å². The van der Waals surface area contributed by atoms with Gasteiger partial charge in [0.2, 0.25) is 0 Å². The number of rotatable bonds is 3. The van der Waals surface area contributed by atoms with Gasteiger partial charge in [-0.15, -0.1) is 13.2 Å². The van der Waals surface area contributed by atoms with Crippen molar-refractivity contribution in [2.45, 2.75) is 12.8 Å². The summed E-state index contributed by atoms with van der Waals surface area (Å²) in [6, 6.07) is 10.4. The molecule has 0 aliphatic carbocycles. The van der Waals surface area contributed by atoms with Gasteiger partial charge in [-0.05, 0) is 36.4 Å². The van der Waals surface area contributed by atoms with Gasteiger partial charge in [0, 0.05) is 5.56 Å². The van der Waals surface area contributed by atoms with Crippen LogP contribution in [-0.2, 0) is 6.42 Å². The number of nitrogens with zero attached hydrogens (tertiary/aromatic N) is 2. The Morgan fingerprint density at radius 2 is 1.81 bits per heavy atom. The van der Waals surface area contributed by atoms with Crippen molar-refractivity contribution in [3.8, 4) is 23.1 Å². The highest BCUT2D eigenvalue weighted by Gasteiger charge is 2.31. The molecule has 0 N–H and O–H groups in total. The zero-order valence-corrected chi connectivity index (χ0v) is 11.2. The summed E-state index contributed by atoms with van der Waals surface area (Å²) >= 11 is 6.02. The second-order valence-electron chi connectivity index (χ2n) is 4.04. The molecule has 0 saturated carbocycles. The SMILES string of the molecule is N#CCc1ccc(Cl)c(-c2ccc(OC(F)(F)F)cc2)n1. The molecule has 0 radical (unpaired) electrons. The minimum absolute atomic E-state index is 0.124. The van der Waals surface area contributed by atoms with E-state index in [1.54, 1.807) is 12.1 Å². The van der Waals surface area contributed by atoms with Crippen molar-refractivity contribution in [2.24, 2.45) is 0 Å². The highest BCUT2D eigenvalue weighted by atomic mass is 35.5. The molecule has 1 aromatic heterocycles. The van der Waals surface area contributed by atoms with E-state index >= 15 is 0 Å². The average molecular weight is 313 g/mol. The average Bonchev–Trinajstić information content (AvgIpc) is 2.40. The maximum absolute atomic E-state index is 12.1. The molecule has 1 aromatic carbocycles. The number of pyridine rings is 1. The van der Waals surface area contributed by atoms with Gasteiger partial charge in [0.05, 0.1) is 28.9 Å². The Morgan fingerprint density at radius 3 is 2.38 bits per heavy atom. The van der Waals surface area contributed by atoms with Crippen molar-refractivity contribution in [1.82, 2.24) is 4.98 Å². The van der Waals surface area contributed by atoms with Gasteiger partial charge in [0.1, 0.15) is 5.75 Å². The number of nitriles is 1. The van der Waals surface area contributed by atoms with Gasteiger partial charge >= 0.3 is 6.36 Å². The maximum Gasteiger partial charge on any atom is 0.573 e. The van der Waals surface area contributed by atoms with E-state index in [0.29, 0.717) is 22.0 Å². The number of hydrogen-bond acceptors (Lipinski definition) is 3. The van der Waals surface area contributed by atoms with E-state index in [1.165, 1.54) is 24.3 Å². The van der Waals surface area contributed by atoms with E-state index in [1.807, 2.05) is 6.07 Å². The standard InChI is InChI=1S/C14H8ClF3N2O/c15-12-6-3-10(7-8-19)20-13(12)9-1-4-11(5-2-9)21-14(16,17)18/h1-6H,7H2. The maximum atomic E-state index is 12.1. The molecule has 1 heterocycles. The smallest absolute Gasteiger partial charge is 0.406 e. The molecule has 3 nitrogen and oxygen atoms in total. The van der Waals surface area contributed by atoms with Crippen molar-refractivity contribution in [3.05, 3.63) is 47.1 Å². The molecule has 0 saturated heterocycles. The lowest BCUT2D eigenvalue weighted by Gasteiger charge is -2.10. The van der Waals surface area contributed by atoms with Crippen LogP contribution in [0.25, 0.3) is 11.3 Å². The predicted octanol–water partition coefficient (Wildman–Crippen LogP) is 4.37. The van der Waals surface area contributed by atoms with Crippen molar-refractivity contribution in [1.29, 1.82) is 5.26 Å². The zero-order valence-electron chi connectivity index (χ0n) is 10.5. The van der Waals surface area contributed by atoms with Gasteiger partial charge < -0.3 is 4.74 Å². The molecule has 108 valence electrons. The molecule has 0 amide bonds. The Kier molecular flexibility index (Phi) is 4.34. The summed E-state index contributed by atoms with van der Waals surface area (Å²) in [6.07, 6.45) is -4.61. The molecular formula is C14H8ClF3N2O. The zero-order chi connectivity index (χ0) is 15.5. The molecule has 0 fully saturated rings. The van der Waals surface area contributed by atoms with Crippen LogP contribution in [0, 0.1) is 11.3 Å². The molecule has 2 aromatic rings. The molecule has 21 heavy (non-hydrogen) atoms. The van der Waals surface area contributed by atoms with E-state index < -0.39 is 6.36 Å². The lowest BCUT2D eigenvalue weighted by molar-refractivity contribution is -0.274. The van der Waals surface area contributed by atoms with Crippen LogP contribution in [0.2, 0.25) is 5.02 Å². The number of benzene rings is 1. The van der Waals surface area contributed by atoms with E-state index in [2.05, 4.69) is 9.72 Å². The Balaban J connectivity index is 2.30. The predicted molar refractivity (Wildman–Crippen MR) is 70.7 cm³/mol. The minimum atomic E-state index is -4.73. The number of ether oxygens (including phenoxy) is 1. The van der Waals surface area contributed by atoms with Gasteiger partial charge in [-0.25, -0.2) is 0 Å². The largest absolute Gasteiger partial charge is 0.573 e. The lowest BCUT2D eigenvalue weighted by atomic mass is 10.1. The van der Waals surface area contributed by atoms with E-state index in [0.717, 1.165) is 0 Å². The number of alkyl halides is 3. The van der Waals surface area contributed by atoms with E-state index in [4.69, 9.17) is 16.9 Å². The lowest BCUT2D eigenvalue weighted by Crippen LogP contribution is -2.16. The monoisotopic (exact) mass is 312 g/mol. The molecule has 0 unspecified atom stereocenters. The number of aromatic nitrogens is 1. The van der Waals surface area contributed by atoms with Crippen molar-refractivity contribution >= 4 is 11.6 Å². The van der Waals surface area contributed by atoms with E-state index in [-0.39, 0.29) is 12.2 Å². The first-order chi connectivity index (χ1) is 9.89. The highest BCUT2D eigenvalue weighted by molar-refractivity contribution is 6.33. The van der Waals surface area contributed by atoms with Gasteiger partial charge in [-0.3, -0.25) is 4.98 Å². The van der Waals surface area contributed by atoms with Crippen LogP contribution < -0.4 is 4.74 Å². The van der Waals surface area contributed by atoms with Crippen LogP contribution in [0.4, 0.5) is 13.2 Å². The summed E-state index contributed by atoms with van der Waals surface area (Å²) in [5.74, 6) is -0.324. The Bertz CT molecular complexity index is 678. The van der Waals surface area contributed by atoms with Crippen LogP contribution in [0.5, 0.6) is 5.75 Å². The Hall–Kier alpha value is -2.26. The molecule has 7 heteroatoms. The molecule has 2 rings (SSSR count). The first-order valence-corrected chi connectivity index (χ1v) is 6.15. The number of hydrogen-bond donors (Lipinski definition) is 0. The third-order valence-electron chi connectivity index (χ3n) is 2.53. The normalized spacial score (nSPS) is 11.0. The van der Waals surface area contributed by atoms with Crippen LogP contribution >= 0.6 is 11.6 Å². The number of halogens is 4. The summed E-state index contributed by atoms with van der Waals surface area (Å²) in [6.45, 7) is 0. The fraction of sp³-hybridized carbons (Fsp3) is 0.143. The molecular weight excluding hydrogens is 305 g/mol. The highest BCUT2D eigenvalue weighted by Crippen LogP contribution is 2.29. The summed E-state index contributed by atoms with van der Waals surface area (Å²) in [7, 11) is 0. The van der Waals surface area contributed by atoms with Crippen molar-refractivity contribution in [3.63, 3.8) is 0 Å². The van der Waals surface area contributed by atoms with Gasteiger partial charge in [0.15, 0.2) is 0 Å². The Labute approximate surface area is 123 Å². The quantitative estimate of drug-likeness (QED) is 0.845. The molecule has 0 aliphatic heterocycles. The molecule has 0 bridgehead atoms. The van der Waals surface area contributed by atoms with Crippen LogP contribution in [-0.4, -0.2) is 11.3 Å². The van der Waals surface area contributed by atoms with Gasteiger partial charge in [-0.1, -0.05) is 11.6 Å². The second kappa shape index (κ2) is 6.02. The summed E-state index contributed by atoms with van der Waals surface area (Å²) in [5, 5.41) is 9.00. The summed E-state index contributed by atoms with van der Waals surface area (Å²) in [4.78, 5) is 4.22. The van der Waals surface area contributed by atoms with Crippen molar-refractivity contribution < 1.29 is 17.9 Å².